The van der Waals surface area contributed by atoms with Gasteiger partial charge in [-0.3, -0.25) is 0 Å². The first-order valence-electron chi connectivity index (χ1n) is 12.3. The fourth-order valence-electron chi connectivity index (χ4n) is 5.19. The van der Waals surface area contributed by atoms with Crippen molar-refractivity contribution in [3.63, 3.8) is 0 Å². The molecule has 1 aliphatic heterocycles. The number of anilines is 1. The van der Waals surface area contributed by atoms with E-state index in [0.717, 1.165) is 36.8 Å². The van der Waals surface area contributed by atoms with Crippen molar-refractivity contribution in [2.45, 2.75) is 90.0 Å². The minimum absolute atomic E-state index is 0.200. The van der Waals surface area contributed by atoms with Crippen molar-refractivity contribution < 1.29 is 0 Å². The van der Waals surface area contributed by atoms with E-state index in [0.29, 0.717) is 6.04 Å². The van der Waals surface area contributed by atoms with Gasteiger partial charge in [-0.2, -0.15) is 0 Å². The van der Waals surface area contributed by atoms with Crippen LogP contribution < -0.4 is 10.2 Å². The Kier molecular flexibility index (Phi) is 6.39. The van der Waals surface area contributed by atoms with E-state index in [-0.39, 0.29) is 10.8 Å². The number of nitrogens with one attached hydrogen (secondary N) is 1. The number of hydrogen-bond acceptors (Lipinski definition) is 4. The molecule has 1 N–H and O–H groups in total. The molecule has 0 radical (unpaired) electrons. The van der Waals surface area contributed by atoms with Crippen molar-refractivity contribution in [3.8, 4) is 11.4 Å². The van der Waals surface area contributed by atoms with Gasteiger partial charge in [0.1, 0.15) is 5.82 Å². The molecule has 0 bridgehead atoms. The Morgan fingerprint density at radius 1 is 1.00 bits per heavy atom. The summed E-state index contributed by atoms with van der Waals surface area (Å²) in [4.78, 5) is 12.1. The van der Waals surface area contributed by atoms with E-state index in [9.17, 15) is 0 Å². The highest BCUT2D eigenvalue weighted by Gasteiger charge is 2.37. The van der Waals surface area contributed by atoms with Crippen LogP contribution in [0.2, 0.25) is 0 Å². The number of unbranched alkanes of at least 4 members (excludes halogenated alkanes) is 1. The Balaban J connectivity index is 1.52. The molecule has 168 valence electrons. The second-order valence-corrected chi connectivity index (χ2v) is 10.8. The zero-order chi connectivity index (χ0) is 22.1. The van der Waals surface area contributed by atoms with E-state index in [1.54, 1.807) is 0 Å². The molecular weight excluding hydrogens is 380 g/mol. The number of fused-ring (bicyclic) bond motifs is 1. The van der Waals surface area contributed by atoms with Gasteiger partial charge in [0.15, 0.2) is 5.82 Å². The first kappa shape index (κ1) is 22.3. The summed E-state index contributed by atoms with van der Waals surface area (Å²) in [6.45, 7) is 15.0. The second-order valence-electron chi connectivity index (χ2n) is 10.8. The van der Waals surface area contributed by atoms with Gasteiger partial charge in [0, 0.05) is 30.9 Å². The molecule has 1 aromatic carbocycles. The average Bonchev–Trinajstić information content (AvgIpc) is 2.78. The predicted molar refractivity (Wildman–Crippen MR) is 131 cm³/mol. The van der Waals surface area contributed by atoms with Crippen LogP contribution in [0.1, 0.15) is 84.3 Å². The highest BCUT2D eigenvalue weighted by molar-refractivity contribution is 5.61. The SMILES string of the molecule is CCCCNC1CCN(c2ccnc(-c3ccc4c(c3)C(C)(C)CCC4(C)C)n2)CC1. The quantitative estimate of drug-likeness (QED) is 0.595. The largest absolute Gasteiger partial charge is 0.356 e. The maximum Gasteiger partial charge on any atom is 0.161 e. The number of hydrogen-bond donors (Lipinski definition) is 1. The van der Waals surface area contributed by atoms with Crippen LogP contribution in [0.4, 0.5) is 5.82 Å². The fraction of sp³-hybridized carbons (Fsp3) is 0.630. The lowest BCUT2D eigenvalue weighted by atomic mass is 9.63. The Hall–Kier alpha value is -1.94. The third-order valence-electron chi connectivity index (χ3n) is 7.53. The minimum Gasteiger partial charge on any atom is -0.356 e. The summed E-state index contributed by atoms with van der Waals surface area (Å²) in [6.07, 6.45) is 9.28. The molecule has 0 atom stereocenters. The molecule has 1 fully saturated rings. The Labute approximate surface area is 188 Å². The zero-order valence-electron chi connectivity index (χ0n) is 20.2. The van der Waals surface area contributed by atoms with E-state index in [1.807, 2.05) is 6.20 Å². The molecule has 0 unspecified atom stereocenters. The second kappa shape index (κ2) is 8.90. The van der Waals surface area contributed by atoms with Gasteiger partial charge in [0.25, 0.3) is 0 Å². The van der Waals surface area contributed by atoms with Crippen LogP contribution in [0.5, 0.6) is 0 Å². The van der Waals surface area contributed by atoms with Gasteiger partial charge < -0.3 is 10.2 Å². The van der Waals surface area contributed by atoms with Crippen LogP contribution in [-0.2, 0) is 10.8 Å². The van der Waals surface area contributed by atoms with E-state index in [1.165, 1.54) is 49.7 Å². The van der Waals surface area contributed by atoms with Crippen LogP contribution >= 0.6 is 0 Å². The molecule has 0 saturated carbocycles. The molecule has 1 saturated heterocycles. The van der Waals surface area contributed by atoms with Crippen LogP contribution in [0, 0.1) is 0 Å². The Bertz CT molecular complexity index is 894. The molecular formula is C27H40N4. The van der Waals surface area contributed by atoms with Gasteiger partial charge >= 0.3 is 0 Å². The number of benzene rings is 1. The van der Waals surface area contributed by atoms with Gasteiger partial charge in [-0.1, -0.05) is 53.2 Å². The van der Waals surface area contributed by atoms with E-state index in [2.05, 4.69) is 74.1 Å². The van der Waals surface area contributed by atoms with Crippen molar-refractivity contribution in [1.82, 2.24) is 15.3 Å². The van der Waals surface area contributed by atoms with Crippen molar-refractivity contribution in [2.24, 2.45) is 0 Å². The maximum absolute atomic E-state index is 4.99. The summed E-state index contributed by atoms with van der Waals surface area (Å²) in [5.74, 6) is 1.91. The third kappa shape index (κ3) is 4.79. The average molecular weight is 421 g/mol. The first-order valence-corrected chi connectivity index (χ1v) is 12.3. The molecule has 1 aliphatic carbocycles. The molecule has 31 heavy (non-hydrogen) atoms. The fourth-order valence-corrected chi connectivity index (χ4v) is 5.19. The predicted octanol–water partition coefficient (Wildman–Crippen LogP) is 5.85. The summed E-state index contributed by atoms with van der Waals surface area (Å²) in [6, 6.07) is 9.63. The summed E-state index contributed by atoms with van der Waals surface area (Å²) in [5, 5.41) is 3.72. The zero-order valence-corrected chi connectivity index (χ0v) is 20.2. The highest BCUT2D eigenvalue weighted by Crippen LogP contribution is 2.46. The summed E-state index contributed by atoms with van der Waals surface area (Å²) < 4.78 is 0. The Morgan fingerprint density at radius 2 is 1.71 bits per heavy atom. The minimum atomic E-state index is 0.200. The lowest BCUT2D eigenvalue weighted by Gasteiger charge is -2.42. The molecule has 1 aromatic heterocycles. The summed E-state index contributed by atoms with van der Waals surface area (Å²) in [5.41, 5.74) is 4.53. The molecule has 2 aromatic rings. The number of aromatic nitrogens is 2. The molecule has 2 aliphatic rings. The van der Waals surface area contributed by atoms with E-state index < -0.39 is 0 Å². The molecule has 4 rings (SSSR count). The van der Waals surface area contributed by atoms with Crippen LogP contribution in [0.25, 0.3) is 11.4 Å². The molecule has 4 heteroatoms. The molecule has 2 heterocycles. The highest BCUT2D eigenvalue weighted by atomic mass is 15.2. The standard InChI is InChI=1S/C27H40N4/c1-6-7-15-28-21-11-17-31(18-12-21)24-10-16-29-25(30-24)20-8-9-22-23(19-20)27(4,5)14-13-26(22,2)3/h8-10,16,19,21,28H,6-7,11-15,17-18H2,1-5H3. The third-order valence-corrected chi connectivity index (χ3v) is 7.53. The van der Waals surface area contributed by atoms with Gasteiger partial charge in [0.05, 0.1) is 0 Å². The van der Waals surface area contributed by atoms with Gasteiger partial charge in [0.2, 0.25) is 0 Å². The Morgan fingerprint density at radius 3 is 2.42 bits per heavy atom. The molecule has 0 amide bonds. The number of piperidine rings is 1. The smallest absolute Gasteiger partial charge is 0.161 e. The van der Waals surface area contributed by atoms with Crippen LogP contribution in [-0.4, -0.2) is 35.6 Å². The summed E-state index contributed by atoms with van der Waals surface area (Å²) in [7, 11) is 0. The van der Waals surface area contributed by atoms with E-state index >= 15 is 0 Å². The van der Waals surface area contributed by atoms with Crippen LogP contribution in [0.15, 0.2) is 30.5 Å². The van der Waals surface area contributed by atoms with Gasteiger partial charge in [-0.15, -0.1) is 0 Å². The number of rotatable bonds is 6. The van der Waals surface area contributed by atoms with Crippen LogP contribution in [0.3, 0.4) is 0 Å². The lowest BCUT2D eigenvalue weighted by Crippen LogP contribution is -2.43. The molecule has 0 spiro atoms. The van der Waals surface area contributed by atoms with Gasteiger partial charge in [-0.25, -0.2) is 9.97 Å². The summed E-state index contributed by atoms with van der Waals surface area (Å²) >= 11 is 0. The van der Waals surface area contributed by atoms with Crippen molar-refractivity contribution >= 4 is 5.82 Å². The topological polar surface area (TPSA) is 41.0 Å². The first-order chi connectivity index (χ1) is 14.8. The number of nitrogens with zero attached hydrogens (tertiary/aromatic N) is 3. The maximum atomic E-state index is 4.99. The van der Waals surface area contributed by atoms with E-state index in [4.69, 9.17) is 4.98 Å². The van der Waals surface area contributed by atoms with Crippen molar-refractivity contribution in [2.75, 3.05) is 24.5 Å². The monoisotopic (exact) mass is 420 g/mol. The van der Waals surface area contributed by atoms with Crippen molar-refractivity contribution in [1.29, 1.82) is 0 Å². The lowest BCUT2D eigenvalue weighted by molar-refractivity contribution is 0.332. The van der Waals surface area contributed by atoms with Crippen molar-refractivity contribution in [3.05, 3.63) is 41.6 Å². The molecule has 4 nitrogen and oxygen atoms in total. The van der Waals surface area contributed by atoms with Gasteiger partial charge in [-0.05, 0) is 72.7 Å². The normalized spacial score (nSPS) is 20.5.